The average Bonchev–Trinajstić information content (AvgIpc) is 2.89. The van der Waals surface area contributed by atoms with Gasteiger partial charge in [-0.2, -0.15) is 0 Å². The molecule has 1 aromatic carbocycles. The van der Waals surface area contributed by atoms with Crippen molar-refractivity contribution in [3.63, 3.8) is 0 Å². The summed E-state index contributed by atoms with van der Waals surface area (Å²) in [5.74, 6) is 1.64. The first kappa shape index (κ1) is 13.1. The van der Waals surface area contributed by atoms with E-state index >= 15 is 0 Å². The molecule has 100 valence electrons. The molecular formula is C15H24N2O. The van der Waals surface area contributed by atoms with Crippen LogP contribution in [0.2, 0.25) is 0 Å². The minimum atomic E-state index is 0.717. The van der Waals surface area contributed by atoms with Crippen molar-refractivity contribution < 1.29 is 4.74 Å². The summed E-state index contributed by atoms with van der Waals surface area (Å²) in [4.78, 5) is 0. The Morgan fingerprint density at radius 1 is 1.33 bits per heavy atom. The number of hydrogen-bond donors (Lipinski definition) is 2. The molecule has 1 saturated carbocycles. The van der Waals surface area contributed by atoms with Gasteiger partial charge in [0.25, 0.3) is 0 Å². The lowest BCUT2D eigenvalue weighted by atomic mass is 10.1. The molecule has 0 unspecified atom stereocenters. The second-order valence-corrected chi connectivity index (χ2v) is 5.13. The van der Waals surface area contributed by atoms with Crippen molar-refractivity contribution in [2.45, 2.75) is 39.0 Å². The van der Waals surface area contributed by atoms with Crippen LogP contribution in [0.25, 0.3) is 0 Å². The maximum Gasteiger partial charge on any atom is 0.144 e. The Kier molecular flexibility index (Phi) is 4.73. The first-order chi connectivity index (χ1) is 8.79. The lowest BCUT2D eigenvalue weighted by molar-refractivity contribution is 0.319. The van der Waals surface area contributed by atoms with Gasteiger partial charge in [0, 0.05) is 18.3 Å². The predicted molar refractivity (Wildman–Crippen MR) is 77.1 cm³/mol. The Labute approximate surface area is 110 Å². The highest BCUT2D eigenvalue weighted by molar-refractivity contribution is 5.61. The van der Waals surface area contributed by atoms with E-state index in [0.717, 1.165) is 42.6 Å². The first-order valence-electron chi connectivity index (χ1n) is 7.05. The Balaban J connectivity index is 1.91. The number of hydrogen-bond acceptors (Lipinski definition) is 3. The van der Waals surface area contributed by atoms with Crippen molar-refractivity contribution in [3.05, 3.63) is 18.2 Å². The summed E-state index contributed by atoms with van der Waals surface area (Å²) >= 11 is 0. The molecule has 0 radical (unpaired) electrons. The van der Waals surface area contributed by atoms with E-state index in [0.29, 0.717) is 0 Å². The van der Waals surface area contributed by atoms with Crippen LogP contribution in [0.1, 0.15) is 39.0 Å². The Morgan fingerprint density at radius 3 is 2.83 bits per heavy atom. The van der Waals surface area contributed by atoms with Crippen LogP contribution in [-0.2, 0) is 0 Å². The van der Waals surface area contributed by atoms with Crippen LogP contribution in [-0.4, -0.2) is 13.2 Å². The highest BCUT2D eigenvalue weighted by Crippen LogP contribution is 2.28. The number of benzene rings is 1. The fourth-order valence-corrected chi connectivity index (χ4v) is 2.46. The number of nitrogens with two attached hydrogens (primary N) is 1. The van der Waals surface area contributed by atoms with E-state index < -0.39 is 0 Å². The third kappa shape index (κ3) is 3.56. The molecule has 18 heavy (non-hydrogen) atoms. The molecule has 0 aromatic heterocycles. The molecule has 0 bridgehead atoms. The fraction of sp³-hybridized carbons (Fsp3) is 0.600. The van der Waals surface area contributed by atoms with Gasteiger partial charge in [0.2, 0.25) is 0 Å². The van der Waals surface area contributed by atoms with Crippen LogP contribution >= 0.6 is 0 Å². The maximum atomic E-state index is 5.90. The predicted octanol–water partition coefficient (Wildman–Crippen LogP) is 3.66. The summed E-state index contributed by atoms with van der Waals surface area (Å²) in [6, 6.07) is 5.96. The van der Waals surface area contributed by atoms with Gasteiger partial charge in [-0.05, 0) is 37.3 Å². The van der Waals surface area contributed by atoms with E-state index in [4.69, 9.17) is 10.5 Å². The van der Waals surface area contributed by atoms with E-state index in [9.17, 15) is 0 Å². The molecule has 0 amide bonds. The molecule has 0 heterocycles. The third-order valence-electron chi connectivity index (χ3n) is 3.54. The van der Waals surface area contributed by atoms with Gasteiger partial charge in [-0.3, -0.25) is 0 Å². The van der Waals surface area contributed by atoms with Gasteiger partial charge >= 0.3 is 0 Å². The van der Waals surface area contributed by atoms with E-state index in [1.165, 1.54) is 25.7 Å². The van der Waals surface area contributed by atoms with Crippen LogP contribution in [0.5, 0.6) is 5.75 Å². The summed E-state index contributed by atoms with van der Waals surface area (Å²) < 4.78 is 5.63. The lowest BCUT2D eigenvalue weighted by Crippen LogP contribution is -2.11. The van der Waals surface area contributed by atoms with Gasteiger partial charge in [-0.25, -0.2) is 0 Å². The normalized spacial score (nSPS) is 15.8. The monoisotopic (exact) mass is 248 g/mol. The largest absolute Gasteiger partial charge is 0.491 e. The van der Waals surface area contributed by atoms with E-state index in [1.807, 2.05) is 18.2 Å². The highest BCUT2D eigenvalue weighted by atomic mass is 16.5. The van der Waals surface area contributed by atoms with Crippen LogP contribution in [0.15, 0.2) is 18.2 Å². The molecule has 0 spiro atoms. The molecule has 0 atom stereocenters. The van der Waals surface area contributed by atoms with Crippen LogP contribution < -0.4 is 15.8 Å². The van der Waals surface area contributed by atoms with E-state index in [-0.39, 0.29) is 0 Å². The summed E-state index contributed by atoms with van der Waals surface area (Å²) in [6.07, 6.45) is 6.50. The summed E-state index contributed by atoms with van der Waals surface area (Å²) in [7, 11) is 0. The van der Waals surface area contributed by atoms with E-state index in [2.05, 4.69) is 12.2 Å². The summed E-state index contributed by atoms with van der Waals surface area (Å²) in [6.45, 7) is 3.88. The first-order valence-corrected chi connectivity index (χ1v) is 7.05. The number of ether oxygens (including phenoxy) is 1. The molecule has 1 fully saturated rings. The van der Waals surface area contributed by atoms with Gasteiger partial charge in [0.05, 0.1) is 12.3 Å². The van der Waals surface area contributed by atoms with Gasteiger partial charge in [0.1, 0.15) is 5.75 Å². The molecule has 1 aliphatic rings. The second-order valence-electron chi connectivity index (χ2n) is 5.13. The smallest absolute Gasteiger partial charge is 0.144 e. The molecule has 0 aliphatic heterocycles. The zero-order chi connectivity index (χ0) is 12.8. The van der Waals surface area contributed by atoms with Crippen molar-refractivity contribution in [3.8, 4) is 5.75 Å². The standard InChI is InChI=1S/C15H24N2O/c1-2-9-18-15-10-13(7-8-14(15)16)17-11-12-5-3-4-6-12/h7-8,10,12,17H,2-6,9,11,16H2,1H3. The van der Waals surface area contributed by atoms with E-state index in [1.54, 1.807) is 0 Å². The SMILES string of the molecule is CCCOc1cc(NCC2CCCC2)ccc1N. The molecule has 3 N–H and O–H groups in total. The van der Waals surface area contributed by atoms with Crippen LogP contribution in [0.3, 0.4) is 0 Å². The Hall–Kier alpha value is -1.38. The molecular weight excluding hydrogens is 224 g/mol. The zero-order valence-corrected chi connectivity index (χ0v) is 11.2. The highest BCUT2D eigenvalue weighted by Gasteiger charge is 2.14. The Bertz CT molecular complexity index is 373. The number of nitrogens with one attached hydrogen (secondary N) is 1. The quantitative estimate of drug-likeness (QED) is 0.755. The van der Waals surface area contributed by atoms with Gasteiger partial charge < -0.3 is 15.8 Å². The minimum Gasteiger partial charge on any atom is -0.491 e. The van der Waals surface area contributed by atoms with Crippen molar-refractivity contribution >= 4 is 11.4 Å². The fourth-order valence-electron chi connectivity index (χ4n) is 2.46. The van der Waals surface area contributed by atoms with Crippen molar-refractivity contribution in [2.75, 3.05) is 24.2 Å². The van der Waals surface area contributed by atoms with Gasteiger partial charge in [0.15, 0.2) is 0 Å². The van der Waals surface area contributed by atoms with Crippen molar-refractivity contribution in [1.29, 1.82) is 0 Å². The second kappa shape index (κ2) is 6.53. The Morgan fingerprint density at radius 2 is 2.11 bits per heavy atom. The molecule has 3 nitrogen and oxygen atoms in total. The van der Waals surface area contributed by atoms with Crippen molar-refractivity contribution in [2.24, 2.45) is 5.92 Å². The summed E-state index contributed by atoms with van der Waals surface area (Å²) in [5.41, 5.74) is 7.73. The molecule has 3 heteroatoms. The van der Waals surface area contributed by atoms with Crippen LogP contribution in [0.4, 0.5) is 11.4 Å². The van der Waals surface area contributed by atoms with Gasteiger partial charge in [-0.15, -0.1) is 0 Å². The number of nitrogen functional groups attached to an aromatic ring is 1. The number of anilines is 2. The van der Waals surface area contributed by atoms with Gasteiger partial charge in [-0.1, -0.05) is 19.8 Å². The average molecular weight is 248 g/mol. The van der Waals surface area contributed by atoms with Crippen molar-refractivity contribution in [1.82, 2.24) is 0 Å². The number of rotatable bonds is 6. The molecule has 1 aliphatic carbocycles. The maximum absolute atomic E-state index is 5.90. The molecule has 0 saturated heterocycles. The molecule has 1 aromatic rings. The van der Waals surface area contributed by atoms with Crippen LogP contribution in [0, 0.1) is 5.92 Å². The molecule has 2 rings (SSSR count). The third-order valence-corrected chi connectivity index (χ3v) is 3.54. The zero-order valence-electron chi connectivity index (χ0n) is 11.2. The summed E-state index contributed by atoms with van der Waals surface area (Å²) in [5, 5.41) is 3.50. The topological polar surface area (TPSA) is 47.3 Å². The minimum absolute atomic E-state index is 0.717. The lowest BCUT2D eigenvalue weighted by Gasteiger charge is -2.14.